The van der Waals surface area contributed by atoms with Crippen molar-refractivity contribution in [3.63, 3.8) is 0 Å². The maximum Gasteiger partial charge on any atom is 0.253 e. The Morgan fingerprint density at radius 1 is 1.32 bits per heavy atom. The van der Waals surface area contributed by atoms with Crippen molar-refractivity contribution < 1.29 is 14.3 Å². The van der Waals surface area contributed by atoms with Crippen LogP contribution in [0.15, 0.2) is 18.2 Å². The van der Waals surface area contributed by atoms with Crippen molar-refractivity contribution >= 4 is 23.2 Å². The maximum atomic E-state index is 11.9. The molecule has 1 aromatic carbocycles. The average Bonchev–Trinajstić information content (AvgIpc) is 2.86. The van der Waals surface area contributed by atoms with Crippen molar-refractivity contribution in [2.24, 2.45) is 0 Å². The Morgan fingerprint density at radius 2 is 2.11 bits per heavy atom. The minimum atomic E-state index is -0.338. The highest BCUT2D eigenvalue weighted by atomic mass is 16.5. The molecule has 1 unspecified atom stereocenters. The number of hydrogen-bond donors (Lipinski definition) is 2. The molecular weight excluding hydrogens is 244 g/mol. The van der Waals surface area contributed by atoms with Crippen molar-refractivity contribution in [1.82, 2.24) is 0 Å². The van der Waals surface area contributed by atoms with Crippen LogP contribution in [0.25, 0.3) is 0 Å². The lowest BCUT2D eigenvalue weighted by Crippen LogP contribution is -2.26. The lowest BCUT2D eigenvalue weighted by molar-refractivity contribution is -0.124. The van der Waals surface area contributed by atoms with Gasteiger partial charge in [0.2, 0.25) is 5.91 Å². The van der Waals surface area contributed by atoms with Crippen LogP contribution in [0, 0.1) is 6.92 Å². The smallest absolute Gasteiger partial charge is 0.253 e. The number of rotatable bonds is 3. The minimum absolute atomic E-state index is 0.107. The van der Waals surface area contributed by atoms with Gasteiger partial charge in [0, 0.05) is 24.9 Å². The summed E-state index contributed by atoms with van der Waals surface area (Å²) in [6.07, 6.45) is 1.36. The monoisotopic (exact) mass is 262 g/mol. The van der Waals surface area contributed by atoms with E-state index in [1.54, 1.807) is 12.1 Å². The van der Waals surface area contributed by atoms with Gasteiger partial charge in [-0.3, -0.25) is 9.59 Å². The molecule has 0 spiro atoms. The molecule has 5 nitrogen and oxygen atoms in total. The third-order valence-corrected chi connectivity index (χ3v) is 3.03. The number of ether oxygens (including phenoxy) is 1. The van der Waals surface area contributed by atoms with Crippen LogP contribution in [0.3, 0.4) is 0 Å². The molecule has 2 N–H and O–H groups in total. The van der Waals surface area contributed by atoms with Gasteiger partial charge in [0.25, 0.3) is 5.91 Å². The fourth-order valence-electron chi connectivity index (χ4n) is 2.08. The van der Waals surface area contributed by atoms with Gasteiger partial charge in [0.1, 0.15) is 6.10 Å². The zero-order valence-corrected chi connectivity index (χ0v) is 11.2. The van der Waals surface area contributed by atoms with E-state index in [-0.39, 0.29) is 17.9 Å². The summed E-state index contributed by atoms with van der Waals surface area (Å²) in [6, 6.07) is 5.38. The van der Waals surface area contributed by atoms with Crippen LogP contribution in [0.2, 0.25) is 0 Å². The van der Waals surface area contributed by atoms with Gasteiger partial charge in [0.05, 0.1) is 0 Å². The molecule has 102 valence electrons. The van der Waals surface area contributed by atoms with Gasteiger partial charge in [0.15, 0.2) is 0 Å². The fourth-order valence-corrected chi connectivity index (χ4v) is 2.08. The fraction of sp³-hybridized carbons (Fsp3) is 0.429. The van der Waals surface area contributed by atoms with Crippen molar-refractivity contribution in [2.45, 2.75) is 32.8 Å². The summed E-state index contributed by atoms with van der Waals surface area (Å²) in [5, 5.41) is 5.56. The van der Waals surface area contributed by atoms with Gasteiger partial charge in [-0.2, -0.15) is 0 Å². The Labute approximate surface area is 112 Å². The number of carbonyl (C=O) groups excluding carboxylic acids is 2. The third-order valence-electron chi connectivity index (χ3n) is 3.03. The van der Waals surface area contributed by atoms with Gasteiger partial charge in [-0.15, -0.1) is 0 Å². The second kappa shape index (κ2) is 5.84. The molecule has 1 heterocycles. The molecule has 0 radical (unpaired) electrons. The summed E-state index contributed by atoms with van der Waals surface area (Å²) in [5.74, 6) is -0.219. The predicted octanol–water partition coefficient (Wildman–Crippen LogP) is 2.07. The molecule has 2 rings (SSSR count). The molecule has 0 saturated carbocycles. The number of amides is 2. The number of aryl methyl sites for hydroxylation is 1. The summed E-state index contributed by atoms with van der Waals surface area (Å²) in [5.41, 5.74) is 2.37. The molecule has 2 amide bonds. The van der Waals surface area contributed by atoms with Crippen LogP contribution in [0.5, 0.6) is 0 Å². The van der Waals surface area contributed by atoms with Gasteiger partial charge in [-0.05, 0) is 43.5 Å². The Kier molecular flexibility index (Phi) is 4.16. The van der Waals surface area contributed by atoms with Crippen molar-refractivity contribution in [3.05, 3.63) is 23.8 Å². The van der Waals surface area contributed by atoms with Gasteiger partial charge in [-0.25, -0.2) is 0 Å². The largest absolute Gasteiger partial charge is 0.368 e. The summed E-state index contributed by atoms with van der Waals surface area (Å²) >= 11 is 0. The van der Waals surface area contributed by atoms with Gasteiger partial charge >= 0.3 is 0 Å². The molecular formula is C14H18N2O3. The maximum absolute atomic E-state index is 11.9. The summed E-state index contributed by atoms with van der Waals surface area (Å²) in [4.78, 5) is 22.9. The molecule has 1 aliphatic heterocycles. The lowest BCUT2D eigenvalue weighted by atomic mass is 10.1. The topological polar surface area (TPSA) is 67.4 Å². The van der Waals surface area contributed by atoms with E-state index >= 15 is 0 Å². The van der Waals surface area contributed by atoms with E-state index in [0.29, 0.717) is 12.3 Å². The molecule has 19 heavy (non-hydrogen) atoms. The van der Waals surface area contributed by atoms with E-state index in [2.05, 4.69) is 10.6 Å². The second-order valence-electron chi connectivity index (χ2n) is 4.70. The number of nitrogens with one attached hydrogen (secondary N) is 2. The van der Waals surface area contributed by atoms with Crippen LogP contribution in [-0.4, -0.2) is 24.5 Å². The van der Waals surface area contributed by atoms with E-state index in [4.69, 9.17) is 4.74 Å². The van der Waals surface area contributed by atoms with Crippen LogP contribution in [-0.2, 0) is 14.3 Å². The predicted molar refractivity (Wildman–Crippen MR) is 73.1 cm³/mol. The quantitative estimate of drug-likeness (QED) is 0.876. The second-order valence-corrected chi connectivity index (χ2v) is 4.70. The zero-order valence-electron chi connectivity index (χ0n) is 11.2. The lowest BCUT2D eigenvalue weighted by Gasteiger charge is -2.12. The third kappa shape index (κ3) is 3.54. The molecule has 1 aliphatic rings. The first-order chi connectivity index (χ1) is 9.06. The Balaban J connectivity index is 2.03. The highest BCUT2D eigenvalue weighted by Gasteiger charge is 2.23. The first-order valence-corrected chi connectivity index (χ1v) is 6.37. The van der Waals surface area contributed by atoms with E-state index in [1.807, 2.05) is 13.0 Å². The van der Waals surface area contributed by atoms with E-state index in [9.17, 15) is 9.59 Å². The van der Waals surface area contributed by atoms with Crippen molar-refractivity contribution in [1.29, 1.82) is 0 Å². The SMILES string of the molecule is CC(=O)Nc1ccc(NC(=O)C2CCCO2)cc1C. The highest BCUT2D eigenvalue weighted by molar-refractivity contribution is 5.95. The molecule has 1 saturated heterocycles. The molecule has 1 atom stereocenters. The van der Waals surface area contributed by atoms with Crippen LogP contribution >= 0.6 is 0 Å². The van der Waals surface area contributed by atoms with Crippen LogP contribution in [0.1, 0.15) is 25.3 Å². The number of benzene rings is 1. The number of hydrogen-bond acceptors (Lipinski definition) is 3. The molecule has 1 fully saturated rings. The first-order valence-electron chi connectivity index (χ1n) is 6.37. The zero-order chi connectivity index (χ0) is 13.8. The van der Waals surface area contributed by atoms with Crippen LogP contribution < -0.4 is 10.6 Å². The van der Waals surface area contributed by atoms with Crippen LogP contribution in [0.4, 0.5) is 11.4 Å². The Hall–Kier alpha value is -1.88. The first kappa shape index (κ1) is 13.5. The standard InChI is InChI=1S/C14H18N2O3/c1-9-8-11(5-6-12(9)15-10(2)17)16-14(18)13-4-3-7-19-13/h5-6,8,13H,3-4,7H2,1-2H3,(H,15,17)(H,16,18). The Morgan fingerprint density at radius 3 is 2.68 bits per heavy atom. The normalized spacial score (nSPS) is 18.1. The Bertz CT molecular complexity index is 493. The molecule has 5 heteroatoms. The summed E-state index contributed by atoms with van der Waals surface area (Å²) in [6.45, 7) is 4.00. The van der Waals surface area contributed by atoms with Gasteiger partial charge < -0.3 is 15.4 Å². The van der Waals surface area contributed by atoms with E-state index in [1.165, 1.54) is 6.92 Å². The molecule has 0 aliphatic carbocycles. The van der Waals surface area contributed by atoms with Gasteiger partial charge in [-0.1, -0.05) is 0 Å². The highest BCUT2D eigenvalue weighted by Crippen LogP contribution is 2.21. The minimum Gasteiger partial charge on any atom is -0.368 e. The number of anilines is 2. The van der Waals surface area contributed by atoms with E-state index < -0.39 is 0 Å². The summed E-state index contributed by atoms with van der Waals surface area (Å²) < 4.78 is 5.32. The van der Waals surface area contributed by atoms with Crippen molar-refractivity contribution in [2.75, 3.05) is 17.2 Å². The molecule has 0 aromatic heterocycles. The summed E-state index contributed by atoms with van der Waals surface area (Å²) in [7, 11) is 0. The number of carbonyl (C=O) groups is 2. The van der Waals surface area contributed by atoms with Crippen molar-refractivity contribution in [3.8, 4) is 0 Å². The molecule has 0 bridgehead atoms. The average molecular weight is 262 g/mol. The molecule has 1 aromatic rings. The van der Waals surface area contributed by atoms with E-state index in [0.717, 1.165) is 24.1 Å².